The molecule has 8 heteroatoms. The Hall–Kier alpha value is -3.00. The van der Waals surface area contributed by atoms with E-state index < -0.39 is 5.91 Å². The maximum absolute atomic E-state index is 13.0. The molecule has 28 heavy (non-hydrogen) atoms. The molecule has 2 N–H and O–H groups in total. The van der Waals surface area contributed by atoms with E-state index in [4.69, 9.17) is 5.41 Å². The number of rotatable bonds is 4. The third kappa shape index (κ3) is 4.45. The summed E-state index contributed by atoms with van der Waals surface area (Å²) in [6.07, 6.45) is -0.0841. The van der Waals surface area contributed by atoms with Gasteiger partial charge in [-0.25, -0.2) is 4.39 Å². The number of thioether (sulfide) groups is 1. The van der Waals surface area contributed by atoms with E-state index in [9.17, 15) is 14.0 Å². The van der Waals surface area contributed by atoms with Gasteiger partial charge in [0.1, 0.15) is 11.7 Å². The van der Waals surface area contributed by atoms with E-state index in [0.29, 0.717) is 10.9 Å². The molecule has 0 fully saturated rings. The Morgan fingerprint density at radius 2 is 1.96 bits per heavy atom. The summed E-state index contributed by atoms with van der Waals surface area (Å²) in [5, 5.41) is 11.2. The molecule has 0 saturated carbocycles. The van der Waals surface area contributed by atoms with Crippen LogP contribution in [0.25, 0.3) is 0 Å². The second-order valence-corrected chi connectivity index (χ2v) is 7.25. The highest BCUT2D eigenvalue weighted by atomic mass is 32.2. The topological polar surface area (TPSA) is 85.6 Å². The summed E-state index contributed by atoms with van der Waals surface area (Å²) in [5.41, 5.74) is 3.28. The van der Waals surface area contributed by atoms with Crippen LogP contribution in [0.1, 0.15) is 17.5 Å². The van der Waals surface area contributed by atoms with Gasteiger partial charge in [0.15, 0.2) is 5.17 Å². The van der Waals surface area contributed by atoms with Gasteiger partial charge in [-0.05, 0) is 55.3 Å². The number of nitrogens with zero attached hydrogens (tertiary/aromatic N) is 2. The standard InChI is InChI=1S/C20H19FN4O2S/c1-12-4-3-5-16(13(12)2)25-17(22)10-18(26)24-20(25)28-11-19(27)23-15-8-6-14(21)7-9-15/h3-9,22H,10-11H2,1-2H3,(H,23,27). The maximum Gasteiger partial charge on any atom is 0.255 e. The molecule has 6 nitrogen and oxygen atoms in total. The first-order chi connectivity index (χ1) is 13.3. The number of halogens is 1. The summed E-state index contributed by atoms with van der Waals surface area (Å²) in [5.74, 6) is -0.990. The van der Waals surface area contributed by atoms with E-state index in [1.807, 2.05) is 32.0 Å². The molecule has 1 aliphatic heterocycles. The molecular formula is C20H19FN4O2S. The van der Waals surface area contributed by atoms with Gasteiger partial charge in [-0.2, -0.15) is 4.99 Å². The second-order valence-electron chi connectivity index (χ2n) is 6.31. The van der Waals surface area contributed by atoms with Crippen molar-refractivity contribution in [2.45, 2.75) is 20.3 Å². The Balaban J connectivity index is 1.76. The Labute approximate surface area is 166 Å². The molecule has 0 bridgehead atoms. The predicted octanol–water partition coefficient (Wildman–Crippen LogP) is 3.88. The number of hydrogen-bond acceptors (Lipinski definition) is 4. The average molecular weight is 398 g/mol. The minimum atomic E-state index is -0.409. The quantitative estimate of drug-likeness (QED) is 0.818. The lowest BCUT2D eigenvalue weighted by Crippen LogP contribution is -2.41. The summed E-state index contributed by atoms with van der Waals surface area (Å²) < 4.78 is 13.0. The highest BCUT2D eigenvalue weighted by Crippen LogP contribution is 2.29. The highest BCUT2D eigenvalue weighted by molar-refractivity contribution is 8.14. The molecule has 0 aliphatic carbocycles. The van der Waals surface area contributed by atoms with Gasteiger partial charge in [0.2, 0.25) is 5.91 Å². The van der Waals surface area contributed by atoms with Gasteiger partial charge >= 0.3 is 0 Å². The van der Waals surface area contributed by atoms with Crippen LogP contribution in [0, 0.1) is 25.1 Å². The van der Waals surface area contributed by atoms with Crippen molar-refractivity contribution in [2.24, 2.45) is 4.99 Å². The van der Waals surface area contributed by atoms with Crippen LogP contribution < -0.4 is 10.2 Å². The van der Waals surface area contributed by atoms with Crippen molar-refractivity contribution in [3.05, 3.63) is 59.4 Å². The molecule has 1 heterocycles. The number of carbonyl (C=O) groups excluding carboxylic acids is 2. The minimum Gasteiger partial charge on any atom is -0.325 e. The fraction of sp³-hybridized carbons (Fsp3) is 0.200. The monoisotopic (exact) mass is 398 g/mol. The molecule has 0 spiro atoms. The van der Waals surface area contributed by atoms with Gasteiger partial charge in [0.25, 0.3) is 5.91 Å². The molecular weight excluding hydrogens is 379 g/mol. The third-order valence-electron chi connectivity index (χ3n) is 4.28. The summed E-state index contributed by atoms with van der Waals surface area (Å²) in [6, 6.07) is 11.2. The lowest BCUT2D eigenvalue weighted by atomic mass is 10.1. The summed E-state index contributed by atoms with van der Waals surface area (Å²) in [7, 11) is 0. The molecule has 144 valence electrons. The number of aliphatic imine (C=N–C) groups is 1. The number of benzene rings is 2. The van der Waals surface area contributed by atoms with Crippen molar-refractivity contribution in [3.63, 3.8) is 0 Å². The molecule has 0 aromatic heterocycles. The molecule has 2 aromatic rings. The number of hydrogen-bond donors (Lipinski definition) is 2. The molecule has 2 aromatic carbocycles. The Kier molecular flexibility index (Phi) is 5.89. The zero-order valence-electron chi connectivity index (χ0n) is 15.5. The number of aryl methyl sites for hydroxylation is 1. The Bertz CT molecular complexity index is 973. The number of amidine groups is 2. The van der Waals surface area contributed by atoms with Gasteiger partial charge in [0.05, 0.1) is 17.9 Å². The third-order valence-corrected chi connectivity index (χ3v) is 5.22. The van der Waals surface area contributed by atoms with Crippen LogP contribution in [-0.4, -0.2) is 28.6 Å². The van der Waals surface area contributed by atoms with Gasteiger partial charge in [-0.15, -0.1) is 0 Å². The van der Waals surface area contributed by atoms with Crippen molar-refractivity contribution >= 4 is 46.0 Å². The minimum absolute atomic E-state index is 0.00185. The van der Waals surface area contributed by atoms with E-state index >= 15 is 0 Å². The first-order valence-corrected chi connectivity index (χ1v) is 9.57. The van der Waals surface area contributed by atoms with Crippen LogP contribution in [0.2, 0.25) is 0 Å². The number of nitrogens with one attached hydrogen (secondary N) is 2. The molecule has 2 amide bonds. The molecule has 3 rings (SSSR count). The number of carbonyl (C=O) groups is 2. The van der Waals surface area contributed by atoms with E-state index in [1.54, 1.807) is 4.90 Å². The van der Waals surface area contributed by atoms with E-state index in [2.05, 4.69) is 10.3 Å². The SMILES string of the molecule is Cc1cccc(N2C(=N)CC(=O)N=C2SCC(=O)Nc2ccc(F)cc2)c1C. The van der Waals surface area contributed by atoms with E-state index in [0.717, 1.165) is 28.6 Å². The van der Waals surface area contributed by atoms with Crippen molar-refractivity contribution < 1.29 is 14.0 Å². The van der Waals surface area contributed by atoms with Crippen molar-refractivity contribution in [3.8, 4) is 0 Å². The molecule has 0 saturated heterocycles. The molecule has 0 atom stereocenters. The highest BCUT2D eigenvalue weighted by Gasteiger charge is 2.28. The van der Waals surface area contributed by atoms with Crippen molar-refractivity contribution in [1.82, 2.24) is 0 Å². The van der Waals surface area contributed by atoms with E-state index in [-0.39, 0.29) is 29.7 Å². The van der Waals surface area contributed by atoms with Crippen LogP contribution in [0.4, 0.5) is 15.8 Å². The lowest BCUT2D eigenvalue weighted by molar-refractivity contribution is -0.117. The zero-order valence-corrected chi connectivity index (χ0v) is 16.3. The van der Waals surface area contributed by atoms with Crippen LogP contribution in [0.3, 0.4) is 0 Å². The van der Waals surface area contributed by atoms with Crippen molar-refractivity contribution in [2.75, 3.05) is 16.0 Å². The summed E-state index contributed by atoms with van der Waals surface area (Å²) >= 11 is 1.08. The lowest BCUT2D eigenvalue weighted by Gasteiger charge is -2.30. The zero-order chi connectivity index (χ0) is 20.3. The number of amides is 2. The Morgan fingerprint density at radius 1 is 1.25 bits per heavy atom. The maximum atomic E-state index is 13.0. The van der Waals surface area contributed by atoms with Gasteiger partial charge in [-0.1, -0.05) is 23.9 Å². The van der Waals surface area contributed by atoms with Gasteiger partial charge in [0, 0.05) is 5.69 Å². The first kappa shape index (κ1) is 19.8. The normalized spacial score (nSPS) is 14.1. The average Bonchev–Trinajstić information content (AvgIpc) is 2.64. The molecule has 1 aliphatic rings. The smallest absolute Gasteiger partial charge is 0.255 e. The predicted molar refractivity (Wildman–Crippen MR) is 111 cm³/mol. The van der Waals surface area contributed by atoms with Crippen LogP contribution in [0.5, 0.6) is 0 Å². The van der Waals surface area contributed by atoms with Crippen LogP contribution in [-0.2, 0) is 9.59 Å². The second kappa shape index (κ2) is 8.35. The molecule has 0 unspecified atom stereocenters. The summed E-state index contributed by atoms with van der Waals surface area (Å²) in [4.78, 5) is 29.8. The van der Waals surface area contributed by atoms with Crippen LogP contribution >= 0.6 is 11.8 Å². The van der Waals surface area contributed by atoms with Gasteiger partial charge < -0.3 is 5.32 Å². The largest absolute Gasteiger partial charge is 0.325 e. The van der Waals surface area contributed by atoms with Crippen molar-refractivity contribution in [1.29, 1.82) is 5.41 Å². The Morgan fingerprint density at radius 3 is 2.68 bits per heavy atom. The first-order valence-electron chi connectivity index (χ1n) is 8.58. The molecule has 0 radical (unpaired) electrons. The fourth-order valence-electron chi connectivity index (χ4n) is 2.72. The van der Waals surface area contributed by atoms with Gasteiger partial charge in [-0.3, -0.25) is 19.9 Å². The van der Waals surface area contributed by atoms with E-state index in [1.165, 1.54) is 24.3 Å². The van der Waals surface area contributed by atoms with Crippen LogP contribution in [0.15, 0.2) is 47.5 Å². The fourth-order valence-corrected chi connectivity index (χ4v) is 3.55. The summed E-state index contributed by atoms with van der Waals surface area (Å²) in [6.45, 7) is 3.91. The number of anilines is 2.